The monoisotopic (exact) mass is 208 g/mol. The van der Waals surface area contributed by atoms with Crippen molar-refractivity contribution < 1.29 is 8.42 Å². The van der Waals surface area contributed by atoms with Crippen LogP contribution in [0.4, 0.5) is 0 Å². The van der Waals surface area contributed by atoms with Crippen molar-refractivity contribution in [3.05, 3.63) is 0 Å². The average molecular weight is 208 g/mol. The minimum Gasteiger partial charge on any atom is -0.229 e. The lowest BCUT2D eigenvalue weighted by molar-refractivity contribution is 0.507. The van der Waals surface area contributed by atoms with Crippen LogP contribution in [-0.2, 0) is 9.84 Å². The molecule has 0 aliphatic carbocycles. The van der Waals surface area contributed by atoms with E-state index in [1.807, 2.05) is 11.8 Å². The summed E-state index contributed by atoms with van der Waals surface area (Å²) >= 11 is 1.92. The van der Waals surface area contributed by atoms with Gasteiger partial charge in [-0.2, -0.15) is 11.8 Å². The zero-order valence-corrected chi connectivity index (χ0v) is 9.09. The summed E-state index contributed by atoms with van der Waals surface area (Å²) in [4.78, 5) is 0. The maximum absolute atomic E-state index is 11.1. The average Bonchev–Trinajstić information content (AvgIpc) is 2.03. The molecule has 0 amide bonds. The van der Waals surface area contributed by atoms with Crippen molar-refractivity contribution in [2.75, 3.05) is 23.0 Å². The van der Waals surface area contributed by atoms with E-state index in [1.165, 1.54) is 0 Å². The summed E-state index contributed by atoms with van der Waals surface area (Å²) < 4.78 is 22.1. The highest BCUT2D eigenvalue weighted by atomic mass is 32.2. The normalized spacial score (nSPS) is 24.1. The fourth-order valence-electron chi connectivity index (χ4n) is 1.39. The van der Waals surface area contributed by atoms with Gasteiger partial charge in [-0.25, -0.2) is 8.42 Å². The summed E-state index contributed by atoms with van der Waals surface area (Å²) in [5.74, 6) is 3.78. The van der Waals surface area contributed by atoms with Crippen molar-refractivity contribution in [1.29, 1.82) is 0 Å². The summed E-state index contributed by atoms with van der Waals surface area (Å²) in [5.41, 5.74) is 0. The molecule has 0 saturated carbocycles. The minimum atomic E-state index is -2.65. The molecule has 1 rings (SSSR count). The molecule has 0 atom stereocenters. The van der Waals surface area contributed by atoms with E-state index < -0.39 is 9.84 Å². The Bertz CT molecular complexity index is 207. The van der Waals surface area contributed by atoms with Gasteiger partial charge in [0.05, 0.1) is 11.5 Å². The van der Waals surface area contributed by atoms with E-state index in [1.54, 1.807) is 0 Å². The topological polar surface area (TPSA) is 34.1 Å². The Morgan fingerprint density at radius 3 is 2.42 bits per heavy atom. The maximum Gasteiger partial charge on any atom is 0.150 e. The second-order valence-corrected chi connectivity index (χ2v) is 6.88. The van der Waals surface area contributed by atoms with E-state index in [9.17, 15) is 8.42 Å². The zero-order chi connectivity index (χ0) is 9.03. The molecule has 0 unspecified atom stereocenters. The predicted octanol–water partition coefficient (Wildman–Crippen LogP) is 1.56. The standard InChI is InChI=1S/C8H16O2S2/c1-2-11-7-8-3-5-12(9,10)6-4-8/h8H,2-7H2,1H3. The summed E-state index contributed by atoms with van der Waals surface area (Å²) in [6.45, 7) is 2.14. The first-order valence-electron chi connectivity index (χ1n) is 4.42. The van der Waals surface area contributed by atoms with E-state index in [2.05, 4.69) is 6.92 Å². The summed E-state index contributed by atoms with van der Waals surface area (Å²) in [6, 6.07) is 0. The van der Waals surface area contributed by atoms with Gasteiger partial charge in [0.2, 0.25) is 0 Å². The van der Waals surface area contributed by atoms with Crippen molar-refractivity contribution in [3.8, 4) is 0 Å². The number of hydrogen-bond acceptors (Lipinski definition) is 3. The van der Waals surface area contributed by atoms with Crippen LogP contribution in [0.2, 0.25) is 0 Å². The van der Waals surface area contributed by atoms with E-state index in [0.717, 1.165) is 24.3 Å². The Morgan fingerprint density at radius 2 is 1.92 bits per heavy atom. The SMILES string of the molecule is CCSCC1CCS(=O)(=O)CC1. The van der Waals surface area contributed by atoms with Crippen molar-refractivity contribution in [2.45, 2.75) is 19.8 Å². The Balaban J connectivity index is 2.27. The van der Waals surface area contributed by atoms with Gasteiger partial charge in [0.15, 0.2) is 0 Å². The Morgan fingerprint density at radius 1 is 1.33 bits per heavy atom. The molecule has 0 aromatic rings. The van der Waals surface area contributed by atoms with Crippen LogP contribution >= 0.6 is 11.8 Å². The summed E-state index contributed by atoms with van der Waals surface area (Å²) in [6.07, 6.45) is 1.77. The molecular formula is C8H16O2S2. The first kappa shape index (κ1) is 10.4. The fraction of sp³-hybridized carbons (Fsp3) is 1.00. The van der Waals surface area contributed by atoms with Gasteiger partial charge >= 0.3 is 0 Å². The molecule has 1 fully saturated rings. The lowest BCUT2D eigenvalue weighted by atomic mass is 10.1. The van der Waals surface area contributed by atoms with Gasteiger partial charge < -0.3 is 0 Å². The lowest BCUT2D eigenvalue weighted by Gasteiger charge is -2.20. The highest BCUT2D eigenvalue weighted by Gasteiger charge is 2.22. The quantitative estimate of drug-likeness (QED) is 0.706. The molecule has 0 radical (unpaired) electrons. The van der Waals surface area contributed by atoms with Crippen LogP contribution in [-0.4, -0.2) is 31.4 Å². The molecule has 0 spiro atoms. The second kappa shape index (κ2) is 4.51. The van der Waals surface area contributed by atoms with Gasteiger partial charge in [-0.15, -0.1) is 0 Å². The van der Waals surface area contributed by atoms with Crippen LogP contribution in [0.25, 0.3) is 0 Å². The van der Waals surface area contributed by atoms with Gasteiger partial charge in [0.1, 0.15) is 9.84 Å². The number of thioether (sulfide) groups is 1. The molecule has 0 bridgehead atoms. The first-order valence-corrected chi connectivity index (χ1v) is 7.40. The summed E-state index contributed by atoms with van der Waals surface area (Å²) in [5, 5.41) is 0. The molecule has 0 aromatic carbocycles. The van der Waals surface area contributed by atoms with Crippen LogP contribution in [0.1, 0.15) is 19.8 Å². The number of hydrogen-bond donors (Lipinski definition) is 0. The third-order valence-electron chi connectivity index (χ3n) is 2.23. The van der Waals surface area contributed by atoms with Gasteiger partial charge in [-0.3, -0.25) is 0 Å². The van der Waals surface area contributed by atoms with E-state index in [-0.39, 0.29) is 0 Å². The van der Waals surface area contributed by atoms with E-state index in [0.29, 0.717) is 17.4 Å². The molecule has 0 N–H and O–H groups in total. The minimum absolute atomic E-state index is 0.419. The summed E-state index contributed by atoms with van der Waals surface area (Å²) in [7, 11) is -2.65. The predicted molar refractivity (Wildman–Crippen MR) is 54.4 cm³/mol. The van der Waals surface area contributed by atoms with Gasteiger partial charge in [-0.1, -0.05) is 6.92 Å². The first-order chi connectivity index (χ1) is 5.64. The highest BCUT2D eigenvalue weighted by molar-refractivity contribution is 7.99. The van der Waals surface area contributed by atoms with Crippen LogP contribution in [0.3, 0.4) is 0 Å². The number of sulfone groups is 1. The van der Waals surface area contributed by atoms with Gasteiger partial charge in [0.25, 0.3) is 0 Å². The van der Waals surface area contributed by atoms with Crippen LogP contribution in [0, 0.1) is 5.92 Å². The Kier molecular flexibility index (Phi) is 3.90. The lowest BCUT2D eigenvalue weighted by Crippen LogP contribution is -2.24. The Labute approximate surface area is 79.0 Å². The molecule has 12 heavy (non-hydrogen) atoms. The largest absolute Gasteiger partial charge is 0.229 e. The smallest absolute Gasteiger partial charge is 0.150 e. The molecule has 72 valence electrons. The van der Waals surface area contributed by atoms with Gasteiger partial charge in [0, 0.05) is 0 Å². The third-order valence-corrected chi connectivity index (χ3v) is 5.06. The van der Waals surface area contributed by atoms with Crippen LogP contribution < -0.4 is 0 Å². The van der Waals surface area contributed by atoms with Crippen LogP contribution in [0.15, 0.2) is 0 Å². The molecule has 1 aliphatic rings. The fourth-order valence-corrected chi connectivity index (χ4v) is 3.88. The molecule has 2 nitrogen and oxygen atoms in total. The molecule has 4 heteroatoms. The van der Waals surface area contributed by atoms with E-state index >= 15 is 0 Å². The maximum atomic E-state index is 11.1. The molecule has 1 saturated heterocycles. The number of rotatable bonds is 3. The Hall–Kier alpha value is 0.300. The highest BCUT2D eigenvalue weighted by Crippen LogP contribution is 2.22. The van der Waals surface area contributed by atoms with E-state index in [4.69, 9.17) is 0 Å². The zero-order valence-electron chi connectivity index (χ0n) is 7.45. The second-order valence-electron chi connectivity index (χ2n) is 3.25. The molecule has 0 aromatic heterocycles. The van der Waals surface area contributed by atoms with Crippen molar-refractivity contribution in [2.24, 2.45) is 5.92 Å². The van der Waals surface area contributed by atoms with Gasteiger partial charge in [-0.05, 0) is 30.3 Å². The molecule has 1 heterocycles. The third kappa shape index (κ3) is 3.35. The van der Waals surface area contributed by atoms with Crippen molar-refractivity contribution in [1.82, 2.24) is 0 Å². The molecule has 1 aliphatic heterocycles. The molecular weight excluding hydrogens is 192 g/mol. The van der Waals surface area contributed by atoms with Crippen molar-refractivity contribution >= 4 is 21.6 Å². The van der Waals surface area contributed by atoms with Crippen molar-refractivity contribution in [3.63, 3.8) is 0 Å². The van der Waals surface area contributed by atoms with Crippen LogP contribution in [0.5, 0.6) is 0 Å².